The number of aryl methyl sites for hydroxylation is 2. The fourth-order valence-corrected chi connectivity index (χ4v) is 4.62. The average Bonchev–Trinajstić information content (AvgIpc) is 2.94. The van der Waals surface area contributed by atoms with Crippen molar-refractivity contribution < 1.29 is 0 Å². The van der Waals surface area contributed by atoms with Gasteiger partial charge in [-0.1, -0.05) is 24.8 Å². The van der Waals surface area contributed by atoms with Crippen molar-refractivity contribution in [2.45, 2.75) is 37.9 Å². The van der Waals surface area contributed by atoms with E-state index in [4.69, 9.17) is 4.98 Å². The van der Waals surface area contributed by atoms with Gasteiger partial charge in [-0.3, -0.25) is 9.36 Å². The minimum Gasteiger partial charge on any atom is -0.283 e. The Hall–Kier alpha value is -1.07. The van der Waals surface area contributed by atoms with Gasteiger partial charge in [0.2, 0.25) is 0 Å². The van der Waals surface area contributed by atoms with Crippen LogP contribution in [-0.2, 0) is 19.4 Å². The van der Waals surface area contributed by atoms with Crippen LogP contribution in [-0.4, -0.2) is 15.3 Å². The molecule has 2 heterocycles. The predicted octanol–water partition coefficient (Wildman–Crippen LogP) is 3.24. The quantitative estimate of drug-likeness (QED) is 0.493. The van der Waals surface area contributed by atoms with Crippen LogP contribution >= 0.6 is 23.1 Å². The molecule has 0 amide bonds. The average molecular weight is 292 g/mol. The molecular weight excluding hydrogens is 276 g/mol. The summed E-state index contributed by atoms with van der Waals surface area (Å²) >= 11 is 3.33. The highest BCUT2D eigenvalue weighted by molar-refractivity contribution is 7.99. The number of rotatable bonds is 4. The first-order chi connectivity index (χ1) is 9.26. The SMILES string of the molecule is C=CCn1c(SCC)nc2sc3c(c2c1=O)CCC3. The molecule has 0 fully saturated rings. The van der Waals surface area contributed by atoms with Gasteiger partial charge in [-0.05, 0) is 30.6 Å². The summed E-state index contributed by atoms with van der Waals surface area (Å²) in [4.78, 5) is 19.7. The summed E-state index contributed by atoms with van der Waals surface area (Å²) in [6, 6.07) is 0. The summed E-state index contributed by atoms with van der Waals surface area (Å²) in [5.74, 6) is 0.917. The van der Waals surface area contributed by atoms with E-state index in [1.54, 1.807) is 33.7 Å². The Morgan fingerprint density at radius 2 is 2.37 bits per heavy atom. The van der Waals surface area contributed by atoms with Crippen LogP contribution in [0.25, 0.3) is 10.2 Å². The molecule has 2 aromatic rings. The van der Waals surface area contributed by atoms with Crippen LogP contribution in [0.3, 0.4) is 0 Å². The van der Waals surface area contributed by atoms with Crippen LogP contribution < -0.4 is 5.56 Å². The molecule has 0 saturated carbocycles. The third kappa shape index (κ3) is 2.05. The van der Waals surface area contributed by atoms with E-state index in [9.17, 15) is 4.79 Å². The van der Waals surface area contributed by atoms with Crippen LogP contribution in [0.5, 0.6) is 0 Å². The Morgan fingerprint density at radius 1 is 1.53 bits per heavy atom. The molecule has 1 aliphatic rings. The molecule has 0 aromatic carbocycles. The van der Waals surface area contributed by atoms with Crippen LogP contribution in [0.2, 0.25) is 0 Å². The third-order valence-corrected chi connectivity index (χ3v) is 5.42. The molecule has 19 heavy (non-hydrogen) atoms. The number of fused-ring (bicyclic) bond motifs is 3. The maximum atomic E-state index is 12.7. The topological polar surface area (TPSA) is 34.9 Å². The van der Waals surface area contributed by atoms with Gasteiger partial charge in [0, 0.05) is 11.4 Å². The largest absolute Gasteiger partial charge is 0.283 e. The molecule has 2 aromatic heterocycles. The third-order valence-electron chi connectivity index (χ3n) is 3.37. The van der Waals surface area contributed by atoms with Gasteiger partial charge in [-0.25, -0.2) is 4.98 Å². The van der Waals surface area contributed by atoms with E-state index < -0.39 is 0 Å². The van der Waals surface area contributed by atoms with Crippen LogP contribution in [0, 0.1) is 0 Å². The van der Waals surface area contributed by atoms with Crippen molar-refractivity contribution in [3.05, 3.63) is 33.4 Å². The lowest BCUT2D eigenvalue weighted by Crippen LogP contribution is -2.22. The zero-order valence-corrected chi connectivity index (χ0v) is 12.6. The molecule has 0 N–H and O–H groups in total. The molecule has 5 heteroatoms. The standard InChI is InChI=1S/C14H16N2OS2/c1-3-8-16-13(17)11-9-6-5-7-10(9)19-12(11)15-14(16)18-4-2/h3H,1,4-8H2,2H3. The lowest BCUT2D eigenvalue weighted by atomic mass is 10.2. The van der Waals surface area contributed by atoms with Crippen LogP contribution in [0.15, 0.2) is 22.6 Å². The number of thiophene rings is 1. The molecule has 0 bridgehead atoms. The maximum absolute atomic E-state index is 12.7. The van der Waals surface area contributed by atoms with E-state index in [1.807, 2.05) is 0 Å². The second kappa shape index (κ2) is 5.13. The van der Waals surface area contributed by atoms with Crippen molar-refractivity contribution in [2.24, 2.45) is 0 Å². The highest BCUT2D eigenvalue weighted by Crippen LogP contribution is 2.35. The minimum absolute atomic E-state index is 0.111. The van der Waals surface area contributed by atoms with Gasteiger partial charge in [0.05, 0.1) is 5.39 Å². The highest BCUT2D eigenvalue weighted by Gasteiger charge is 2.22. The molecule has 3 nitrogen and oxygen atoms in total. The van der Waals surface area contributed by atoms with Crippen LogP contribution in [0.4, 0.5) is 0 Å². The van der Waals surface area contributed by atoms with E-state index in [1.165, 1.54) is 16.9 Å². The van der Waals surface area contributed by atoms with Crippen molar-refractivity contribution >= 4 is 33.3 Å². The molecule has 0 unspecified atom stereocenters. The molecule has 0 aliphatic heterocycles. The van der Waals surface area contributed by atoms with Gasteiger partial charge in [-0.2, -0.15) is 0 Å². The number of hydrogen-bond donors (Lipinski definition) is 0. The number of aromatic nitrogens is 2. The fourth-order valence-electron chi connectivity index (χ4n) is 2.59. The molecule has 100 valence electrons. The number of nitrogens with zero attached hydrogens (tertiary/aromatic N) is 2. The minimum atomic E-state index is 0.111. The first-order valence-electron chi connectivity index (χ1n) is 6.55. The molecule has 3 rings (SSSR count). The second-order valence-electron chi connectivity index (χ2n) is 4.57. The Labute approximate surface area is 120 Å². The molecule has 0 radical (unpaired) electrons. The van der Waals surface area contributed by atoms with Crippen molar-refractivity contribution in [3.8, 4) is 0 Å². The number of hydrogen-bond acceptors (Lipinski definition) is 4. The van der Waals surface area contributed by atoms with Crippen LogP contribution in [0.1, 0.15) is 23.8 Å². The summed E-state index contributed by atoms with van der Waals surface area (Å²) < 4.78 is 1.76. The monoisotopic (exact) mass is 292 g/mol. The zero-order valence-electron chi connectivity index (χ0n) is 10.9. The highest BCUT2D eigenvalue weighted by atomic mass is 32.2. The van der Waals surface area contributed by atoms with E-state index in [2.05, 4.69) is 13.5 Å². The molecule has 0 saturated heterocycles. The Balaban J connectivity index is 2.30. The van der Waals surface area contributed by atoms with Gasteiger partial charge in [0.1, 0.15) is 4.83 Å². The smallest absolute Gasteiger partial charge is 0.263 e. The van der Waals surface area contributed by atoms with Gasteiger partial charge >= 0.3 is 0 Å². The fraction of sp³-hybridized carbons (Fsp3) is 0.429. The summed E-state index contributed by atoms with van der Waals surface area (Å²) in [6.45, 7) is 6.36. The summed E-state index contributed by atoms with van der Waals surface area (Å²) in [5, 5.41) is 1.68. The second-order valence-corrected chi connectivity index (χ2v) is 6.88. The molecular formula is C14H16N2OS2. The molecule has 1 aliphatic carbocycles. The van der Waals surface area contributed by atoms with Crippen molar-refractivity contribution in [2.75, 3.05) is 5.75 Å². The lowest BCUT2D eigenvalue weighted by Gasteiger charge is -2.09. The van der Waals surface area contributed by atoms with Gasteiger partial charge < -0.3 is 0 Å². The van der Waals surface area contributed by atoms with Gasteiger partial charge in [0.25, 0.3) is 5.56 Å². The van der Waals surface area contributed by atoms with Crippen molar-refractivity contribution in [1.29, 1.82) is 0 Å². The first kappa shape index (κ1) is 12.9. The summed E-state index contributed by atoms with van der Waals surface area (Å²) in [6.07, 6.45) is 5.07. The van der Waals surface area contributed by atoms with E-state index in [0.717, 1.165) is 34.0 Å². The predicted molar refractivity (Wildman–Crippen MR) is 82.5 cm³/mol. The van der Waals surface area contributed by atoms with E-state index in [-0.39, 0.29) is 5.56 Å². The Morgan fingerprint density at radius 3 is 3.11 bits per heavy atom. The zero-order chi connectivity index (χ0) is 13.4. The van der Waals surface area contributed by atoms with Gasteiger partial charge in [-0.15, -0.1) is 17.9 Å². The number of thioether (sulfide) groups is 1. The van der Waals surface area contributed by atoms with Gasteiger partial charge in [0.15, 0.2) is 5.16 Å². The Kier molecular flexibility index (Phi) is 3.50. The van der Waals surface area contributed by atoms with Crippen molar-refractivity contribution in [1.82, 2.24) is 9.55 Å². The van der Waals surface area contributed by atoms with E-state index >= 15 is 0 Å². The lowest BCUT2D eigenvalue weighted by molar-refractivity contribution is 0.672. The first-order valence-corrected chi connectivity index (χ1v) is 8.35. The van der Waals surface area contributed by atoms with Crippen molar-refractivity contribution in [3.63, 3.8) is 0 Å². The summed E-state index contributed by atoms with van der Waals surface area (Å²) in [5.41, 5.74) is 1.36. The normalized spacial score (nSPS) is 13.9. The van der Waals surface area contributed by atoms with E-state index in [0.29, 0.717) is 6.54 Å². The number of allylic oxidation sites excluding steroid dienone is 1. The summed E-state index contributed by atoms with van der Waals surface area (Å²) in [7, 11) is 0. The Bertz CT molecular complexity index is 700. The molecule has 0 spiro atoms. The maximum Gasteiger partial charge on any atom is 0.263 e. The molecule has 0 atom stereocenters.